The van der Waals surface area contributed by atoms with Crippen molar-refractivity contribution >= 4 is 11.8 Å². The highest BCUT2D eigenvalue weighted by atomic mass is 16.2. The van der Waals surface area contributed by atoms with E-state index in [0.717, 1.165) is 77.7 Å². The number of amides is 2. The van der Waals surface area contributed by atoms with Crippen molar-refractivity contribution in [2.45, 2.75) is 83.7 Å². The smallest absolute Gasteiger partial charge is 0.239 e. The average molecular weight is 364 g/mol. The second-order valence-corrected chi connectivity index (χ2v) is 8.46. The van der Waals surface area contributed by atoms with Gasteiger partial charge >= 0.3 is 0 Å². The molecule has 3 rings (SSSR count). The van der Waals surface area contributed by atoms with Crippen molar-refractivity contribution in [3.63, 3.8) is 0 Å². The summed E-state index contributed by atoms with van der Waals surface area (Å²) in [6, 6.07) is 0.380. The van der Waals surface area contributed by atoms with Crippen molar-refractivity contribution in [3.05, 3.63) is 0 Å². The molecule has 3 aliphatic heterocycles. The summed E-state index contributed by atoms with van der Waals surface area (Å²) in [6.45, 7) is 8.83. The van der Waals surface area contributed by atoms with E-state index in [0.29, 0.717) is 17.9 Å². The highest BCUT2D eigenvalue weighted by molar-refractivity contribution is 5.82. The Morgan fingerprint density at radius 2 is 1.54 bits per heavy atom. The SMILES string of the molecule is CCC1CCCCN1C(=O)C(C)N1CCC(C(=O)N2CCCCC2)CC1. The van der Waals surface area contributed by atoms with Crippen molar-refractivity contribution in [2.24, 2.45) is 5.92 Å². The summed E-state index contributed by atoms with van der Waals surface area (Å²) in [5, 5.41) is 0. The molecule has 0 saturated carbocycles. The highest BCUT2D eigenvalue weighted by Crippen LogP contribution is 2.25. The molecule has 2 amide bonds. The van der Waals surface area contributed by atoms with Crippen LogP contribution in [-0.4, -0.2) is 71.3 Å². The Morgan fingerprint density at radius 3 is 2.19 bits per heavy atom. The number of nitrogens with zero attached hydrogens (tertiary/aromatic N) is 3. The Hall–Kier alpha value is -1.10. The van der Waals surface area contributed by atoms with Gasteiger partial charge in [0.1, 0.15) is 0 Å². The van der Waals surface area contributed by atoms with Crippen LogP contribution in [0.2, 0.25) is 0 Å². The van der Waals surface area contributed by atoms with Crippen LogP contribution in [0.5, 0.6) is 0 Å². The van der Waals surface area contributed by atoms with E-state index >= 15 is 0 Å². The summed E-state index contributed by atoms with van der Waals surface area (Å²) in [6.07, 6.45) is 9.99. The predicted octanol–water partition coefficient (Wildman–Crippen LogP) is 2.89. The lowest BCUT2D eigenvalue weighted by Crippen LogP contribution is -2.54. The van der Waals surface area contributed by atoms with Crippen LogP contribution in [0.3, 0.4) is 0 Å². The van der Waals surface area contributed by atoms with E-state index in [1.165, 1.54) is 12.8 Å². The molecule has 3 aliphatic rings. The first kappa shape index (κ1) is 19.7. The maximum absolute atomic E-state index is 13.0. The van der Waals surface area contributed by atoms with Gasteiger partial charge in [-0.15, -0.1) is 0 Å². The van der Waals surface area contributed by atoms with Gasteiger partial charge < -0.3 is 9.80 Å². The average Bonchev–Trinajstić information content (AvgIpc) is 2.73. The lowest BCUT2D eigenvalue weighted by Gasteiger charge is -2.41. The number of hydrogen-bond acceptors (Lipinski definition) is 3. The molecule has 0 aromatic heterocycles. The minimum absolute atomic E-state index is 0.0480. The third kappa shape index (κ3) is 4.41. The summed E-state index contributed by atoms with van der Waals surface area (Å²) in [5.41, 5.74) is 0. The molecule has 0 aromatic carbocycles. The molecule has 0 bridgehead atoms. The van der Waals surface area contributed by atoms with Gasteiger partial charge in [0.05, 0.1) is 6.04 Å². The number of likely N-dealkylation sites (tertiary alicyclic amines) is 3. The van der Waals surface area contributed by atoms with E-state index < -0.39 is 0 Å². The van der Waals surface area contributed by atoms with Crippen LogP contribution in [0.1, 0.15) is 71.6 Å². The van der Waals surface area contributed by atoms with Gasteiger partial charge in [-0.1, -0.05) is 6.92 Å². The Kier molecular flexibility index (Phi) is 6.96. The number of carbonyl (C=O) groups excluding carboxylic acids is 2. The molecule has 3 heterocycles. The van der Waals surface area contributed by atoms with Gasteiger partial charge in [-0.3, -0.25) is 14.5 Å². The molecule has 2 atom stereocenters. The van der Waals surface area contributed by atoms with Gasteiger partial charge in [0.15, 0.2) is 0 Å². The number of piperidine rings is 3. The van der Waals surface area contributed by atoms with E-state index in [4.69, 9.17) is 0 Å². The second-order valence-electron chi connectivity index (χ2n) is 8.46. The van der Waals surface area contributed by atoms with E-state index in [2.05, 4.69) is 28.5 Å². The molecule has 5 nitrogen and oxygen atoms in total. The van der Waals surface area contributed by atoms with Gasteiger partial charge in [-0.25, -0.2) is 0 Å². The zero-order valence-electron chi connectivity index (χ0n) is 16.8. The number of carbonyl (C=O) groups is 2. The molecule has 3 saturated heterocycles. The molecule has 148 valence electrons. The van der Waals surface area contributed by atoms with Crippen LogP contribution in [0.25, 0.3) is 0 Å². The first-order valence-electron chi connectivity index (χ1n) is 10.9. The van der Waals surface area contributed by atoms with Crippen LogP contribution < -0.4 is 0 Å². The summed E-state index contributed by atoms with van der Waals surface area (Å²) in [5.74, 6) is 0.841. The maximum Gasteiger partial charge on any atom is 0.239 e. The lowest BCUT2D eigenvalue weighted by atomic mass is 9.93. The quantitative estimate of drug-likeness (QED) is 0.771. The maximum atomic E-state index is 13.0. The Balaban J connectivity index is 1.50. The fourth-order valence-corrected chi connectivity index (χ4v) is 5.02. The third-order valence-corrected chi connectivity index (χ3v) is 6.83. The van der Waals surface area contributed by atoms with Gasteiger partial charge in [-0.2, -0.15) is 0 Å². The Labute approximate surface area is 159 Å². The van der Waals surface area contributed by atoms with E-state index in [1.807, 2.05) is 0 Å². The Morgan fingerprint density at radius 1 is 0.885 bits per heavy atom. The zero-order valence-corrected chi connectivity index (χ0v) is 16.8. The first-order valence-corrected chi connectivity index (χ1v) is 10.9. The molecule has 3 fully saturated rings. The summed E-state index contributed by atoms with van der Waals surface area (Å²) < 4.78 is 0. The molecule has 0 radical (unpaired) electrons. The molecule has 0 spiro atoms. The molecule has 0 aromatic rings. The van der Waals surface area contributed by atoms with E-state index in [-0.39, 0.29) is 12.0 Å². The van der Waals surface area contributed by atoms with Gasteiger partial charge in [0.2, 0.25) is 11.8 Å². The monoisotopic (exact) mass is 363 g/mol. The summed E-state index contributed by atoms with van der Waals surface area (Å²) in [7, 11) is 0. The fraction of sp³-hybridized carbons (Fsp3) is 0.905. The number of hydrogen-bond donors (Lipinski definition) is 0. The summed E-state index contributed by atoms with van der Waals surface area (Å²) >= 11 is 0. The highest BCUT2D eigenvalue weighted by Gasteiger charge is 2.35. The largest absolute Gasteiger partial charge is 0.342 e. The minimum atomic E-state index is -0.0480. The molecular formula is C21H37N3O2. The summed E-state index contributed by atoms with van der Waals surface area (Å²) in [4.78, 5) is 32.3. The Bertz CT molecular complexity index is 482. The lowest BCUT2D eigenvalue weighted by molar-refractivity contribution is -0.142. The van der Waals surface area contributed by atoms with Gasteiger partial charge in [-0.05, 0) is 77.8 Å². The molecule has 0 aliphatic carbocycles. The topological polar surface area (TPSA) is 43.9 Å². The van der Waals surface area contributed by atoms with Gasteiger partial charge in [0.25, 0.3) is 0 Å². The van der Waals surface area contributed by atoms with Crippen molar-refractivity contribution < 1.29 is 9.59 Å². The third-order valence-electron chi connectivity index (χ3n) is 6.83. The molecule has 5 heteroatoms. The van der Waals surface area contributed by atoms with Crippen LogP contribution in [0.15, 0.2) is 0 Å². The molecule has 26 heavy (non-hydrogen) atoms. The van der Waals surface area contributed by atoms with Crippen molar-refractivity contribution in [2.75, 3.05) is 32.7 Å². The molecular weight excluding hydrogens is 326 g/mol. The minimum Gasteiger partial charge on any atom is -0.342 e. The molecule has 0 N–H and O–H groups in total. The van der Waals surface area contributed by atoms with Gasteiger partial charge in [0, 0.05) is 31.6 Å². The van der Waals surface area contributed by atoms with Crippen LogP contribution in [0, 0.1) is 5.92 Å². The van der Waals surface area contributed by atoms with Crippen LogP contribution in [0.4, 0.5) is 0 Å². The van der Waals surface area contributed by atoms with E-state index in [1.54, 1.807) is 0 Å². The zero-order chi connectivity index (χ0) is 18.5. The van der Waals surface area contributed by atoms with Crippen molar-refractivity contribution in [3.8, 4) is 0 Å². The van der Waals surface area contributed by atoms with Crippen LogP contribution >= 0.6 is 0 Å². The van der Waals surface area contributed by atoms with Crippen LogP contribution in [-0.2, 0) is 9.59 Å². The van der Waals surface area contributed by atoms with Crippen molar-refractivity contribution in [1.29, 1.82) is 0 Å². The second kappa shape index (κ2) is 9.20. The standard InChI is InChI=1S/C21H37N3O2/c1-3-19-9-5-8-14-24(19)20(25)17(2)22-15-10-18(11-16-22)21(26)23-12-6-4-7-13-23/h17-19H,3-16H2,1-2H3. The fourth-order valence-electron chi connectivity index (χ4n) is 5.02. The molecule has 2 unspecified atom stereocenters. The van der Waals surface area contributed by atoms with Crippen molar-refractivity contribution in [1.82, 2.24) is 14.7 Å². The predicted molar refractivity (Wildman–Crippen MR) is 104 cm³/mol. The number of rotatable bonds is 4. The normalized spacial score (nSPS) is 27.4. The van der Waals surface area contributed by atoms with E-state index in [9.17, 15) is 9.59 Å². The first-order chi connectivity index (χ1) is 12.6.